The van der Waals surface area contributed by atoms with Crippen molar-refractivity contribution in [2.75, 3.05) is 26.3 Å². The zero-order chi connectivity index (χ0) is 7.23. The molecular weight excluding hydrogens is 132 g/mol. The third-order valence-electron chi connectivity index (χ3n) is 1.34. The van der Waals surface area contributed by atoms with Crippen LogP contribution in [0.15, 0.2) is 5.16 Å². The van der Waals surface area contributed by atoms with E-state index in [9.17, 15) is 0 Å². The smallest absolute Gasteiger partial charge is 0.140 e. The lowest BCUT2D eigenvalue weighted by Gasteiger charge is -2.22. The number of aliphatic hydroxyl groups is 1. The number of hydrogen-bond donors (Lipinski definition) is 2. The summed E-state index contributed by atoms with van der Waals surface area (Å²) in [7, 11) is 0. The summed E-state index contributed by atoms with van der Waals surface area (Å²) in [4.78, 5) is 4.68. The fourth-order valence-corrected chi connectivity index (χ4v) is 0.639. The summed E-state index contributed by atoms with van der Waals surface area (Å²) in [6, 6.07) is 0. The first kappa shape index (κ1) is 7.50. The van der Waals surface area contributed by atoms with Crippen molar-refractivity contribution in [1.29, 1.82) is 0 Å². The minimum absolute atomic E-state index is 0.0280. The minimum Gasteiger partial charge on any atom is -0.394 e. The number of aliphatic hydroxyl groups excluding tert-OH is 1. The Morgan fingerprint density at radius 1 is 1.70 bits per heavy atom. The molecule has 1 fully saturated rings. The van der Waals surface area contributed by atoms with Crippen molar-refractivity contribution in [2.24, 2.45) is 11.1 Å². The van der Waals surface area contributed by atoms with Gasteiger partial charge in [-0.15, -0.1) is 0 Å². The Hall–Kier alpha value is -0.610. The molecule has 1 aliphatic heterocycles. The van der Waals surface area contributed by atoms with Crippen molar-refractivity contribution in [3.63, 3.8) is 0 Å². The second kappa shape index (κ2) is 4.24. The quantitative estimate of drug-likeness (QED) is 0.308. The van der Waals surface area contributed by atoms with Crippen LogP contribution in [0.3, 0.4) is 0 Å². The van der Waals surface area contributed by atoms with E-state index in [-0.39, 0.29) is 13.2 Å². The first-order valence-electron chi connectivity index (χ1n) is 3.40. The normalized spacial score (nSPS) is 19.3. The van der Waals surface area contributed by atoms with Crippen LogP contribution in [0.5, 0.6) is 0 Å². The van der Waals surface area contributed by atoms with Crippen LogP contribution >= 0.6 is 0 Å². The van der Waals surface area contributed by atoms with E-state index in [1.165, 1.54) is 0 Å². The molecule has 0 aromatic heterocycles. The standard InChI is InChI=1S/C6H12N2O2/c9-1-2-10-8-5-6-3-7-4-6/h5-7,9H,1-4H2. The number of rotatable bonds is 4. The van der Waals surface area contributed by atoms with Gasteiger partial charge in [0.1, 0.15) is 6.61 Å². The highest BCUT2D eigenvalue weighted by atomic mass is 16.6. The SMILES string of the molecule is OCCON=CC1CNC1. The molecule has 2 N–H and O–H groups in total. The highest BCUT2D eigenvalue weighted by Crippen LogP contribution is 1.97. The van der Waals surface area contributed by atoms with Crippen LogP contribution in [0, 0.1) is 5.92 Å². The summed E-state index contributed by atoms with van der Waals surface area (Å²) in [5.74, 6) is 0.527. The van der Waals surface area contributed by atoms with Crippen molar-refractivity contribution in [3.8, 4) is 0 Å². The van der Waals surface area contributed by atoms with Gasteiger partial charge in [-0.2, -0.15) is 0 Å². The monoisotopic (exact) mass is 144 g/mol. The van der Waals surface area contributed by atoms with Crippen molar-refractivity contribution < 1.29 is 9.94 Å². The Labute approximate surface area is 59.9 Å². The molecule has 0 saturated carbocycles. The first-order valence-corrected chi connectivity index (χ1v) is 3.40. The van der Waals surface area contributed by atoms with E-state index in [0.29, 0.717) is 5.92 Å². The molecule has 1 saturated heterocycles. The number of oxime groups is 1. The highest BCUT2D eigenvalue weighted by molar-refractivity contribution is 5.61. The van der Waals surface area contributed by atoms with E-state index in [2.05, 4.69) is 15.3 Å². The van der Waals surface area contributed by atoms with Crippen molar-refractivity contribution in [1.82, 2.24) is 5.32 Å². The van der Waals surface area contributed by atoms with Crippen LogP contribution in [0.4, 0.5) is 0 Å². The summed E-state index contributed by atoms with van der Waals surface area (Å²) >= 11 is 0. The maximum absolute atomic E-state index is 8.29. The number of nitrogens with zero attached hydrogens (tertiary/aromatic N) is 1. The molecule has 4 heteroatoms. The van der Waals surface area contributed by atoms with Crippen molar-refractivity contribution in [3.05, 3.63) is 0 Å². The lowest BCUT2D eigenvalue weighted by Crippen LogP contribution is -2.42. The molecule has 0 bridgehead atoms. The number of hydrogen-bond acceptors (Lipinski definition) is 4. The van der Waals surface area contributed by atoms with Gasteiger partial charge in [-0.1, -0.05) is 5.16 Å². The third kappa shape index (κ3) is 2.33. The Balaban J connectivity index is 1.94. The second-order valence-electron chi connectivity index (χ2n) is 2.23. The van der Waals surface area contributed by atoms with E-state index in [1.54, 1.807) is 6.21 Å². The van der Waals surface area contributed by atoms with E-state index >= 15 is 0 Å². The van der Waals surface area contributed by atoms with Gasteiger partial charge in [-0.25, -0.2) is 0 Å². The van der Waals surface area contributed by atoms with Gasteiger partial charge in [0.15, 0.2) is 0 Å². The van der Waals surface area contributed by atoms with Crippen LogP contribution in [0.25, 0.3) is 0 Å². The molecule has 1 heterocycles. The summed E-state index contributed by atoms with van der Waals surface area (Å²) in [5, 5.41) is 15.1. The molecule has 58 valence electrons. The minimum atomic E-state index is 0.0280. The molecule has 0 unspecified atom stereocenters. The molecule has 0 amide bonds. The van der Waals surface area contributed by atoms with Crippen LogP contribution in [0.2, 0.25) is 0 Å². The molecule has 0 spiro atoms. The van der Waals surface area contributed by atoms with Gasteiger partial charge in [-0.3, -0.25) is 0 Å². The molecule has 1 aliphatic rings. The summed E-state index contributed by atoms with van der Waals surface area (Å²) in [6.45, 7) is 2.30. The van der Waals surface area contributed by atoms with Crippen LogP contribution in [-0.4, -0.2) is 37.6 Å². The van der Waals surface area contributed by atoms with Crippen LogP contribution < -0.4 is 5.32 Å². The van der Waals surface area contributed by atoms with E-state index in [4.69, 9.17) is 5.11 Å². The molecule has 0 aromatic carbocycles. The van der Waals surface area contributed by atoms with E-state index in [1.807, 2.05) is 0 Å². The predicted molar refractivity (Wildman–Crippen MR) is 37.9 cm³/mol. The van der Waals surface area contributed by atoms with E-state index in [0.717, 1.165) is 13.1 Å². The molecule has 10 heavy (non-hydrogen) atoms. The Morgan fingerprint density at radius 2 is 2.50 bits per heavy atom. The topological polar surface area (TPSA) is 53.9 Å². The van der Waals surface area contributed by atoms with Gasteiger partial charge in [0.05, 0.1) is 6.61 Å². The molecule has 0 aromatic rings. The molecule has 4 nitrogen and oxygen atoms in total. The maximum atomic E-state index is 8.29. The zero-order valence-electron chi connectivity index (χ0n) is 5.79. The van der Waals surface area contributed by atoms with Gasteiger partial charge in [0.2, 0.25) is 0 Å². The van der Waals surface area contributed by atoms with E-state index < -0.39 is 0 Å². The zero-order valence-corrected chi connectivity index (χ0v) is 5.79. The van der Waals surface area contributed by atoms with Gasteiger partial charge >= 0.3 is 0 Å². The average molecular weight is 144 g/mol. The van der Waals surface area contributed by atoms with Gasteiger partial charge in [-0.05, 0) is 0 Å². The van der Waals surface area contributed by atoms with Gasteiger partial charge in [0.25, 0.3) is 0 Å². The molecule has 0 aliphatic carbocycles. The van der Waals surface area contributed by atoms with Crippen molar-refractivity contribution in [2.45, 2.75) is 0 Å². The van der Waals surface area contributed by atoms with Gasteiger partial charge < -0.3 is 15.3 Å². The molecular formula is C6H12N2O2. The highest BCUT2D eigenvalue weighted by Gasteiger charge is 2.13. The Morgan fingerprint density at radius 3 is 3.00 bits per heavy atom. The summed E-state index contributed by atoms with van der Waals surface area (Å²) < 4.78 is 0. The molecule has 0 atom stereocenters. The fraction of sp³-hybridized carbons (Fsp3) is 0.833. The Bertz CT molecular complexity index is 112. The van der Waals surface area contributed by atoms with Crippen molar-refractivity contribution >= 4 is 6.21 Å². The lowest BCUT2D eigenvalue weighted by atomic mass is 10.1. The molecule has 1 rings (SSSR count). The average Bonchev–Trinajstić information content (AvgIpc) is 1.84. The first-order chi connectivity index (χ1) is 4.93. The molecule has 0 radical (unpaired) electrons. The summed E-state index contributed by atoms with van der Waals surface area (Å²) in [6.07, 6.45) is 1.77. The summed E-state index contributed by atoms with van der Waals surface area (Å²) in [5.41, 5.74) is 0. The van der Waals surface area contributed by atoms with Crippen LogP contribution in [0.1, 0.15) is 0 Å². The largest absolute Gasteiger partial charge is 0.394 e. The third-order valence-corrected chi connectivity index (χ3v) is 1.34. The second-order valence-corrected chi connectivity index (χ2v) is 2.23. The van der Waals surface area contributed by atoms with Gasteiger partial charge in [0, 0.05) is 25.2 Å². The van der Waals surface area contributed by atoms with Crippen LogP contribution in [-0.2, 0) is 4.84 Å². The predicted octanol–water partition coefficient (Wildman–Crippen LogP) is -0.800. The maximum Gasteiger partial charge on any atom is 0.140 e. The number of nitrogens with one attached hydrogen (secondary N) is 1. The lowest BCUT2D eigenvalue weighted by molar-refractivity contribution is 0.0983. The fourth-order valence-electron chi connectivity index (χ4n) is 0.639. The Kier molecular flexibility index (Phi) is 3.18.